The number of ether oxygens (including phenoxy) is 6. The molecule has 0 bridgehead atoms. The molecule has 3 aliphatic rings. The Kier molecular flexibility index (Phi) is 13.2. The maximum Gasteiger partial charge on any atom is 0.409 e. The van der Waals surface area contributed by atoms with Crippen LogP contribution in [0.3, 0.4) is 0 Å². The average Bonchev–Trinajstić information content (AvgIpc) is 3.48. The highest BCUT2D eigenvalue weighted by Gasteiger charge is 2.53. The first-order valence-corrected chi connectivity index (χ1v) is 19.5. The molecular formula is C45H50N2O9. The van der Waals surface area contributed by atoms with Crippen molar-refractivity contribution in [2.45, 2.75) is 83.3 Å². The minimum absolute atomic E-state index is 0.140. The van der Waals surface area contributed by atoms with Gasteiger partial charge in [0.05, 0.1) is 31.8 Å². The molecule has 294 valence electrons. The fourth-order valence-electron chi connectivity index (χ4n) is 7.70. The van der Waals surface area contributed by atoms with Crippen LogP contribution in [0.15, 0.2) is 121 Å². The predicted octanol–water partition coefficient (Wildman–Crippen LogP) is 6.68. The number of benzene rings is 4. The van der Waals surface area contributed by atoms with Crippen molar-refractivity contribution < 1.29 is 42.8 Å². The molecule has 11 nitrogen and oxygen atoms in total. The molecule has 0 radical (unpaired) electrons. The third-order valence-corrected chi connectivity index (χ3v) is 10.9. The first kappa shape index (κ1) is 39.3. The molecule has 0 aliphatic carbocycles. The molecule has 1 spiro atoms. The van der Waals surface area contributed by atoms with Gasteiger partial charge in [-0.1, -0.05) is 121 Å². The van der Waals surface area contributed by atoms with Gasteiger partial charge in [-0.3, -0.25) is 14.5 Å². The Bertz CT molecular complexity index is 1860. The normalized spacial score (nSPS) is 23.4. The number of likely N-dealkylation sites (tertiary alicyclic amines) is 2. The molecule has 0 saturated carbocycles. The lowest BCUT2D eigenvalue weighted by Gasteiger charge is -2.46. The number of amides is 3. The van der Waals surface area contributed by atoms with E-state index in [1.165, 1.54) is 4.90 Å². The van der Waals surface area contributed by atoms with E-state index >= 15 is 0 Å². The van der Waals surface area contributed by atoms with E-state index in [9.17, 15) is 14.4 Å². The van der Waals surface area contributed by atoms with Gasteiger partial charge in [0.1, 0.15) is 31.0 Å². The summed E-state index contributed by atoms with van der Waals surface area (Å²) in [5, 5.41) is 0. The van der Waals surface area contributed by atoms with Crippen molar-refractivity contribution in [3.8, 4) is 0 Å². The zero-order chi connectivity index (χ0) is 38.7. The van der Waals surface area contributed by atoms with Crippen molar-refractivity contribution in [3.05, 3.63) is 144 Å². The predicted molar refractivity (Wildman–Crippen MR) is 207 cm³/mol. The van der Waals surface area contributed by atoms with Gasteiger partial charge in [0.2, 0.25) is 11.8 Å². The topological polar surface area (TPSA) is 113 Å². The number of rotatable bonds is 15. The zero-order valence-electron chi connectivity index (χ0n) is 31.8. The number of imide groups is 1. The summed E-state index contributed by atoms with van der Waals surface area (Å²) in [7, 11) is 0. The number of carbonyl (C=O) groups is 3. The third kappa shape index (κ3) is 9.54. The van der Waals surface area contributed by atoms with Gasteiger partial charge in [0.15, 0.2) is 6.29 Å². The van der Waals surface area contributed by atoms with Crippen molar-refractivity contribution >= 4 is 17.9 Å². The summed E-state index contributed by atoms with van der Waals surface area (Å²) < 4.78 is 39.4. The fourth-order valence-corrected chi connectivity index (χ4v) is 7.70. The van der Waals surface area contributed by atoms with E-state index in [0.29, 0.717) is 32.5 Å². The molecule has 5 atom stereocenters. The van der Waals surface area contributed by atoms with E-state index < -0.39 is 42.2 Å². The first-order chi connectivity index (χ1) is 27.4. The van der Waals surface area contributed by atoms with Crippen LogP contribution < -0.4 is 0 Å². The molecule has 56 heavy (non-hydrogen) atoms. The summed E-state index contributed by atoms with van der Waals surface area (Å²) in [5.41, 5.74) is 3.10. The maximum atomic E-state index is 13.7. The quantitative estimate of drug-likeness (QED) is 0.123. The van der Waals surface area contributed by atoms with Gasteiger partial charge in [-0.25, -0.2) is 4.79 Å². The molecule has 7 rings (SSSR count). The Hall–Kier alpha value is -4.91. The van der Waals surface area contributed by atoms with Gasteiger partial charge >= 0.3 is 6.09 Å². The highest BCUT2D eigenvalue weighted by atomic mass is 16.7. The van der Waals surface area contributed by atoms with Crippen molar-refractivity contribution in [2.75, 3.05) is 26.2 Å². The summed E-state index contributed by atoms with van der Waals surface area (Å²) in [4.78, 5) is 42.3. The molecule has 3 amide bonds. The van der Waals surface area contributed by atoms with E-state index in [0.717, 1.165) is 22.3 Å². The van der Waals surface area contributed by atoms with E-state index in [2.05, 4.69) is 0 Å². The zero-order valence-corrected chi connectivity index (χ0v) is 31.8. The number of hydrogen-bond donors (Lipinski definition) is 0. The van der Waals surface area contributed by atoms with Crippen LogP contribution in [-0.4, -0.2) is 84.7 Å². The lowest BCUT2D eigenvalue weighted by molar-refractivity contribution is -0.329. The molecular weight excluding hydrogens is 712 g/mol. The second kappa shape index (κ2) is 18.8. The number of piperidine rings is 1. The third-order valence-electron chi connectivity index (χ3n) is 10.9. The lowest BCUT2D eigenvalue weighted by atomic mass is 9.77. The Labute approximate surface area is 328 Å². The molecule has 4 aromatic rings. The molecule has 0 N–H and O–H groups in total. The van der Waals surface area contributed by atoms with E-state index in [-0.39, 0.29) is 51.3 Å². The van der Waals surface area contributed by atoms with Gasteiger partial charge in [0, 0.05) is 26.1 Å². The highest BCUT2D eigenvalue weighted by molar-refractivity contribution is 6.06. The summed E-state index contributed by atoms with van der Waals surface area (Å²) in [5.74, 6) is -0.289. The molecule has 0 aromatic heterocycles. The minimum Gasteiger partial charge on any atom is -0.447 e. The highest BCUT2D eigenvalue weighted by Crippen LogP contribution is 2.42. The maximum absolute atomic E-state index is 13.7. The second-order valence-electron chi connectivity index (χ2n) is 14.6. The van der Waals surface area contributed by atoms with Gasteiger partial charge in [-0.05, 0) is 42.0 Å². The summed E-state index contributed by atoms with van der Waals surface area (Å²) >= 11 is 0. The minimum atomic E-state index is -0.915. The monoisotopic (exact) mass is 762 g/mol. The van der Waals surface area contributed by atoms with Gasteiger partial charge in [-0.2, -0.15) is 0 Å². The fraction of sp³-hybridized carbons (Fsp3) is 0.400. The van der Waals surface area contributed by atoms with Gasteiger partial charge in [0.25, 0.3) is 0 Å². The second-order valence-corrected chi connectivity index (χ2v) is 14.6. The molecule has 3 heterocycles. The largest absolute Gasteiger partial charge is 0.447 e. The Balaban J connectivity index is 1.13. The number of carbonyl (C=O) groups excluding carboxylic acids is 3. The Morgan fingerprint density at radius 3 is 1.55 bits per heavy atom. The molecule has 3 aliphatic heterocycles. The molecule has 4 aromatic carbocycles. The molecule has 3 fully saturated rings. The van der Waals surface area contributed by atoms with Crippen molar-refractivity contribution in [1.82, 2.24) is 9.80 Å². The van der Waals surface area contributed by atoms with Crippen LogP contribution >= 0.6 is 0 Å². The van der Waals surface area contributed by atoms with Crippen LogP contribution in [0.25, 0.3) is 0 Å². The van der Waals surface area contributed by atoms with Gasteiger partial charge < -0.3 is 33.3 Å². The van der Waals surface area contributed by atoms with Crippen LogP contribution in [-0.2, 0) is 64.4 Å². The van der Waals surface area contributed by atoms with Crippen LogP contribution in [0.5, 0.6) is 0 Å². The van der Waals surface area contributed by atoms with Crippen molar-refractivity contribution in [1.29, 1.82) is 0 Å². The molecule has 11 heteroatoms. The standard InChI is InChI=1S/C45H50N2O9/c1-2-47-38(48)27-45(43(47)49)23-25-46(26-24-45)44(50)55-32-37-39(51-28-33-15-7-3-8-16-33)40(52-29-34-17-9-4-10-18-34)41(53-30-35-19-11-5-12-20-35)42(56-37)54-31-36-21-13-6-14-22-36/h3-22,37,39-42H,2,23-32H2,1H3/t37?,39-,40?,41+,42-/m1/s1. The van der Waals surface area contributed by atoms with Crippen LogP contribution in [0.1, 0.15) is 48.4 Å². The first-order valence-electron chi connectivity index (χ1n) is 19.5. The van der Waals surface area contributed by atoms with Crippen LogP contribution in [0.4, 0.5) is 4.79 Å². The lowest BCUT2D eigenvalue weighted by Crippen LogP contribution is -2.62. The van der Waals surface area contributed by atoms with Crippen molar-refractivity contribution in [3.63, 3.8) is 0 Å². The van der Waals surface area contributed by atoms with E-state index in [1.54, 1.807) is 11.8 Å². The van der Waals surface area contributed by atoms with E-state index in [1.807, 2.05) is 121 Å². The SMILES string of the molecule is CCN1C(=O)CC2(CCN(C(=O)OCC3O[C@@H](OCc4ccccc4)[C@@H](OCc4ccccc4)C(OCc4ccccc4)[C@@H]3OCc3ccccc3)CC2)C1=O. The number of nitrogens with zero attached hydrogens (tertiary/aromatic N) is 2. The van der Waals surface area contributed by atoms with E-state index in [4.69, 9.17) is 28.4 Å². The summed E-state index contributed by atoms with van der Waals surface area (Å²) in [6, 6.07) is 39.4. The summed E-state index contributed by atoms with van der Waals surface area (Å²) in [6.45, 7) is 3.65. The smallest absolute Gasteiger partial charge is 0.409 e. The van der Waals surface area contributed by atoms with Crippen molar-refractivity contribution in [2.24, 2.45) is 5.41 Å². The van der Waals surface area contributed by atoms with Crippen LogP contribution in [0, 0.1) is 5.41 Å². The van der Waals surface area contributed by atoms with Gasteiger partial charge in [-0.15, -0.1) is 0 Å². The number of hydrogen-bond acceptors (Lipinski definition) is 9. The Morgan fingerprint density at radius 1 is 0.643 bits per heavy atom. The average molecular weight is 763 g/mol. The Morgan fingerprint density at radius 2 is 1.09 bits per heavy atom. The molecule has 2 unspecified atom stereocenters. The molecule has 3 saturated heterocycles. The van der Waals surface area contributed by atoms with Crippen LogP contribution in [0.2, 0.25) is 0 Å². The summed E-state index contributed by atoms with van der Waals surface area (Å²) in [6.07, 6.45) is -3.44.